The Morgan fingerprint density at radius 1 is 1.32 bits per heavy atom. The fourth-order valence-electron chi connectivity index (χ4n) is 1.52. The van der Waals surface area contributed by atoms with E-state index in [0.29, 0.717) is 23.8 Å². The lowest BCUT2D eigenvalue weighted by Gasteiger charge is -2.15. The van der Waals surface area contributed by atoms with E-state index < -0.39 is 6.10 Å². The Morgan fingerprint density at radius 3 is 2.58 bits per heavy atom. The normalized spacial score (nSPS) is 13.6. The molecule has 0 spiro atoms. The Kier molecular flexibility index (Phi) is 6.94. The monoisotopic (exact) mass is 262 g/mol. The molecule has 0 fully saturated rings. The first kappa shape index (κ1) is 15.5. The summed E-state index contributed by atoms with van der Waals surface area (Å²) in [7, 11) is 0. The van der Waals surface area contributed by atoms with Gasteiger partial charge >= 0.3 is 0 Å². The summed E-state index contributed by atoms with van der Waals surface area (Å²) in [5, 5.41) is 21.6. The molecular formula is C15H22N2O2. The van der Waals surface area contributed by atoms with Crippen molar-refractivity contribution in [2.24, 2.45) is 5.92 Å². The summed E-state index contributed by atoms with van der Waals surface area (Å²) >= 11 is 0. The Morgan fingerprint density at radius 2 is 2.00 bits per heavy atom. The van der Waals surface area contributed by atoms with Crippen LogP contribution in [-0.4, -0.2) is 30.9 Å². The summed E-state index contributed by atoms with van der Waals surface area (Å²) in [6, 6.07) is 8.91. The fourth-order valence-corrected chi connectivity index (χ4v) is 1.52. The van der Waals surface area contributed by atoms with E-state index >= 15 is 0 Å². The minimum atomic E-state index is -0.528. The topological polar surface area (TPSA) is 65.3 Å². The van der Waals surface area contributed by atoms with E-state index in [9.17, 15) is 5.11 Å². The molecule has 0 heterocycles. The third kappa shape index (κ3) is 6.23. The summed E-state index contributed by atoms with van der Waals surface area (Å²) < 4.78 is 5.45. The maximum Gasteiger partial charge on any atom is 0.119 e. The summed E-state index contributed by atoms with van der Waals surface area (Å²) in [6.45, 7) is 6.01. The van der Waals surface area contributed by atoms with Crippen LogP contribution >= 0.6 is 0 Å². The molecule has 1 rings (SSSR count). The molecule has 0 aliphatic heterocycles. The standard InChI is InChI=1S/C15H22N2O2/c1-3-12(2)9-17-10-14(18)11-19-15-6-4-13(8-16)5-7-15/h4-7,12,14,17-18H,3,9-11H2,1-2H3. The second kappa shape index (κ2) is 8.52. The number of benzene rings is 1. The fraction of sp³-hybridized carbons (Fsp3) is 0.533. The minimum absolute atomic E-state index is 0.249. The van der Waals surface area contributed by atoms with Gasteiger partial charge in [0.15, 0.2) is 0 Å². The number of nitriles is 1. The first-order chi connectivity index (χ1) is 9.15. The quantitative estimate of drug-likeness (QED) is 0.751. The average molecular weight is 262 g/mol. The van der Waals surface area contributed by atoms with Gasteiger partial charge in [-0.1, -0.05) is 20.3 Å². The Hall–Kier alpha value is -1.57. The second-order valence-electron chi connectivity index (χ2n) is 4.77. The number of hydrogen-bond acceptors (Lipinski definition) is 4. The lowest BCUT2D eigenvalue weighted by atomic mass is 10.1. The van der Waals surface area contributed by atoms with Crippen molar-refractivity contribution in [3.05, 3.63) is 29.8 Å². The Labute approximate surface area is 115 Å². The molecule has 0 amide bonds. The summed E-state index contributed by atoms with van der Waals surface area (Å²) in [4.78, 5) is 0. The van der Waals surface area contributed by atoms with Crippen molar-refractivity contribution < 1.29 is 9.84 Å². The van der Waals surface area contributed by atoms with Gasteiger partial charge in [-0.25, -0.2) is 0 Å². The summed E-state index contributed by atoms with van der Waals surface area (Å²) in [5.41, 5.74) is 0.600. The molecule has 2 N–H and O–H groups in total. The van der Waals surface area contributed by atoms with Gasteiger partial charge in [0.25, 0.3) is 0 Å². The van der Waals surface area contributed by atoms with Gasteiger partial charge in [0.1, 0.15) is 18.5 Å². The van der Waals surface area contributed by atoms with Crippen LogP contribution in [0.3, 0.4) is 0 Å². The number of nitrogens with zero attached hydrogens (tertiary/aromatic N) is 1. The van der Waals surface area contributed by atoms with Crippen molar-refractivity contribution in [1.29, 1.82) is 5.26 Å². The zero-order chi connectivity index (χ0) is 14.1. The van der Waals surface area contributed by atoms with Gasteiger partial charge in [-0.3, -0.25) is 0 Å². The molecule has 0 aromatic heterocycles. The Bertz CT molecular complexity index is 398. The highest BCUT2D eigenvalue weighted by molar-refractivity contribution is 5.34. The maximum atomic E-state index is 9.76. The zero-order valence-corrected chi connectivity index (χ0v) is 11.6. The van der Waals surface area contributed by atoms with Crippen molar-refractivity contribution in [1.82, 2.24) is 5.32 Å². The third-order valence-electron chi connectivity index (χ3n) is 3.00. The smallest absolute Gasteiger partial charge is 0.119 e. The van der Waals surface area contributed by atoms with Crippen LogP contribution in [-0.2, 0) is 0 Å². The summed E-state index contributed by atoms with van der Waals surface area (Å²) in [5.74, 6) is 1.28. The van der Waals surface area contributed by atoms with E-state index in [0.717, 1.165) is 13.0 Å². The molecule has 1 aromatic carbocycles. The van der Waals surface area contributed by atoms with E-state index in [4.69, 9.17) is 10.00 Å². The van der Waals surface area contributed by atoms with Crippen LogP contribution in [0.2, 0.25) is 0 Å². The molecule has 0 saturated carbocycles. The molecule has 2 unspecified atom stereocenters. The second-order valence-corrected chi connectivity index (χ2v) is 4.77. The van der Waals surface area contributed by atoms with Crippen molar-refractivity contribution in [3.8, 4) is 11.8 Å². The van der Waals surface area contributed by atoms with Crippen LogP contribution in [0.4, 0.5) is 0 Å². The van der Waals surface area contributed by atoms with Crippen LogP contribution in [0.25, 0.3) is 0 Å². The van der Waals surface area contributed by atoms with Gasteiger partial charge < -0.3 is 15.2 Å². The number of ether oxygens (including phenoxy) is 1. The van der Waals surface area contributed by atoms with Gasteiger partial charge in [-0.2, -0.15) is 5.26 Å². The molecule has 4 heteroatoms. The van der Waals surface area contributed by atoms with Crippen LogP contribution in [0, 0.1) is 17.2 Å². The molecule has 104 valence electrons. The molecule has 2 atom stereocenters. The number of nitrogens with one attached hydrogen (secondary N) is 1. The number of aliphatic hydroxyl groups excluding tert-OH is 1. The van der Waals surface area contributed by atoms with E-state index in [2.05, 4.69) is 19.2 Å². The molecule has 4 nitrogen and oxygen atoms in total. The first-order valence-corrected chi connectivity index (χ1v) is 6.67. The lowest BCUT2D eigenvalue weighted by Crippen LogP contribution is -2.33. The van der Waals surface area contributed by atoms with E-state index in [-0.39, 0.29) is 6.61 Å². The van der Waals surface area contributed by atoms with Crippen molar-refractivity contribution in [3.63, 3.8) is 0 Å². The molecule has 0 aliphatic carbocycles. The highest BCUT2D eigenvalue weighted by atomic mass is 16.5. The molecule has 1 aromatic rings. The van der Waals surface area contributed by atoms with Crippen LogP contribution in [0.15, 0.2) is 24.3 Å². The molecular weight excluding hydrogens is 240 g/mol. The minimum Gasteiger partial charge on any atom is -0.491 e. The van der Waals surface area contributed by atoms with Crippen molar-refractivity contribution in [2.75, 3.05) is 19.7 Å². The van der Waals surface area contributed by atoms with Gasteiger partial charge in [-0.15, -0.1) is 0 Å². The van der Waals surface area contributed by atoms with E-state index in [1.807, 2.05) is 6.07 Å². The lowest BCUT2D eigenvalue weighted by molar-refractivity contribution is 0.105. The maximum absolute atomic E-state index is 9.76. The Balaban J connectivity index is 2.22. The number of rotatable bonds is 8. The number of hydrogen-bond donors (Lipinski definition) is 2. The average Bonchev–Trinajstić information content (AvgIpc) is 2.45. The zero-order valence-electron chi connectivity index (χ0n) is 11.6. The van der Waals surface area contributed by atoms with Crippen molar-refractivity contribution in [2.45, 2.75) is 26.4 Å². The molecule has 0 saturated heterocycles. The highest BCUT2D eigenvalue weighted by Crippen LogP contribution is 2.11. The van der Waals surface area contributed by atoms with Crippen LogP contribution in [0.5, 0.6) is 5.75 Å². The largest absolute Gasteiger partial charge is 0.491 e. The molecule has 0 aliphatic rings. The van der Waals surface area contributed by atoms with E-state index in [1.54, 1.807) is 24.3 Å². The summed E-state index contributed by atoms with van der Waals surface area (Å²) in [6.07, 6.45) is 0.602. The number of aliphatic hydroxyl groups is 1. The molecule has 0 radical (unpaired) electrons. The third-order valence-corrected chi connectivity index (χ3v) is 3.00. The SMILES string of the molecule is CCC(C)CNCC(O)COc1ccc(C#N)cc1. The molecule has 19 heavy (non-hydrogen) atoms. The predicted octanol–water partition coefficient (Wildman–Crippen LogP) is 1.93. The predicted molar refractivity (Wildman–Crippen MR) is 75.0 cm³/mol. The van der Waals surface area contributed by atoms with E-state index in [1.165, 1.54) is 0 Å². The van der Waals surface area contributed by atoms with Gasteiger partial charge in [0.05, 0.1) is 11.6 Å². The first-order valence-electron chi connectivity index (χ1n) is 6.67. The van der Waals surface area contributed by atoms with Gasteiger partial charge in [-0.05, 0) is 36.7 Å². The van der Waals surface area contributed by atoms with Gasteiger partial charge in [0, 0.05) is 6.54 Å². The van der Waals surface area contributed by atoms with Gasteiger partial charge in [0.2, 0.25) is 0 Å². The molecule has 0 bridgehead atoms. The van der Waals surface area contributed by atoms with Crippen LogP contribution in [0.1, 0.15) is 25.8 Å². The van der Waals surface area contributed by atoms with Crippen molar-refractivity contribution >= 4 is 0 Å². The van der Waals surface area contributed by atoms with Crippen LogP contribution < -0.4 is 10.1 Å². The highest BCUT2D eigenvalue weighted by Gasteiger charge is 2.06.